The van der Waals surface area contributed by atoms with Gasteiger partial charge >= 0.3 is 0 Å². The molecule has 8 heteroatoms. The Balaban J connectivity index is 2.06. The molecule has 0 aliphatic rings. The first kappa shape index (κ1) is 14.0. The van der Waals surface area contributed by atoms with E-state index in [1.165, 1.54) is 6.33 Å². The van der Waals surface area contributed by atoms with Crippen molar-refractivity contribution in [2.75, 3.05) is 17.7 Å². The van der Waals surface area contributed by atoms with Crippen LogP contribution in [0, 0.1) is 0 Å². The maximum Gasteiger partial charge on any atom is 0.242 e. The van der Waals surface area contributed by atoms with E-state index < -0.39 is 0 Å². The molecule has 0 spiro atoms. The molecule has 0 saturated heterocycles. The van der Waals surface area contributed by atoms with Gasteiger partial charge in [0.05, 0.1) is 13.2 Å². The van der Waals surface area contributed by atoms with Gasteiger partial charge in [0.1, 0.15) is 18.3 Å². The van der Waals surface area contributed by atoms with Crippen molar-refractivity contribution >= 4 is 11.5 Å². The van der Waals surface area contributed by atoms with Crippen LogP contribution in [0.3, 0.4) is 0 Å². The number of nitrogens with one attached hydrogen (secondary N) is 1. The minimum atomic E-state index is 0.404. The van der Waals surface area contributed by atoms with E-state index in [0.717, 1.165) is 18.8 Å². The smallest absolute Gasteiger partial charge is 0.242 e. The standard InChI is InChI=1S/C12H19N7O/c1-3-5-20-12-10(13)11(15-7-16-12)14-6-9-18-17-8-19(9)4-2/h7-8H,3-6,13H2,1-2H3,(H,14,15,16). The average molecular weight is 277 g/mol. The minimum Gasteiger partial charge on any atom is -0.476 e. The van der Waals surface area contributed by atoms with Crippen LogP contribution in [0.15, 0.2) is 12.7 Å². The molecular weight excluding hydrogens is 258 g/mol. The fraction of sp³-hybridized carbons (Fsp3) is 0.500. The Labute approximate surface area is 117 Å². The number of aromatic nitrogens is 5. The van der Waals surface area contributed by atoms with Crippen molar-refractivity contribution in [3.63, 3.8) is 0 Å². The summed E-state index contributed by atoms with van der Waals surface area (Å²) < 4.78 is 7.40. The van der Waals surface area contributed by atoms with Crippen molar-refractivity contribution < 1.29 is 4.74 Å². The lowest BCUT2D eigenvalue weighted by atomic mass is 10.4. The van der Waals surface area contributed by atoms with Gasteiger partial charge in [-0.3, -0.25) is 0 Å². The summed E-state index contributed by atoms with van der Waals surface area (Å²) in [4.78, 5) is 8.14. The van der Waals surface area contributed by atoms with Crippen LogP contribution in [0.2, 0.25) is 0 Å². The number of hydrogen-bond donors (Lipinski definition) is 2. The van der Waals surface area contributed by atoms with Crippen molar-refractivity contribution in [1.82, 2.24) is 24.7 Å². The third-order valence-corrected chi connectivity index (χ3v) is 2.74. The Morgan fingerprint density at radius 2 is 2.20 bits per heavy atom. The van der Waals surface area contributed by atoms with E-state index in [9.17, 15) is 0 Å². The molecule has 0 atom stereocenters. The van der Waals surface area contributed by atoms with E-state index >= 15 is 0 Å². The Kier molecular flexibility index (Phi) is 4.70. The lowest BCUT2D eigenvalue weighted by Crippen LogP contribution is -2.11. The van der Waals surface area contributed by atoms with Crippen LogP contribution in [0.1, 0.15) is 26.1 Å². The summed E-state index contributed by atoms with van der Waals surface area (Å²) >= 11 is 0. The van der Waals surface area contributed by atoms with Crippen LogP contribution in [-0.4, -0.2) is 31.3 Å². The second-order valence-electron chi connectivity index (χ2n) is 4.18. The third-order valence-electron chi connectivity index (χ3n) is 2.74. The highest BCUT2D eigenvalue weighted by molar-refractivity contribution is 5.66. The van der Waals surface area contributed by atoms with Gasteiger partial charge in [0, 0.05) is 6.54 Å². The van der Waals surface area contributed by atoms with Crippen molar-refractivity contribution in [3.05, 3.63) is 18.5 Å². The number of hydrogen-bond acceptors (Lipinski definition) is 7. The molecule has 20 heavy (non-hydrogen) atoms. The van der Waals surface area contributed by atoms with E-state index in [2.05, 4.69) is 25.5 Å². The predicted octanol–water partition coefficient (Wildman–Crippen LogP) is 1.07. The maximum atomic E-state index is 5.98. The highest BCUT2D eigenvalue weighted by Gasteiger charge is 2.10. The summed E-state index contributed by atoms with van der Waals surface area (Å²) in [6, 6.07) is 0. The minimum absolute atomic E-state index is 0.404. The van der Waals surface area contributed by atoms with Crippen LogP contribution in [-0.2, 0) is 13.1 Å². The van der Waals surface area contributed by atoms with E-state index in [1.807, 2.05) is 18.4 Å². The van der Waals surface area contributed by atoms with Gasteiger partial charge in [0.15, 0.2) is 11.6 Å². The molecule has 0 radical (unpaired) electrons. The molecule has 2 rings (SSSR count). The summed E-state index contributed by atoms with van der Waals surface area (Å²) in [6.07, 6.45) is 4.01. The highest BCUT2D eigenvalue weighted by atomic mass is 16.5. The molecule has 2 aromatic rings. The number of ether oxygens (including phenoxy) is 1. The Hall–Kier alpha value is -2.38. The van der Waals surface area contributed by atoms with Crippen LogP contribution >= 0.6 is 0 Å². The fourth-order valence-electron chi connectivity index (χ4n) is 1.68. The molecule has 0 aromatic carbocycles. The third kappa shape index (κ3) is 3.14. The normalized spacial score (nSPS) is 10.5. The van der Waals surface area contributed by atoms with Crippen LogP contribution < -0.4 is 15.8 Å². The highest BCUT2D eigenvalue weighted by Crippen LogP contribution is 2.24. The van der Waals surface area contributed by atoms with E-state index in [1.54, 1.807) is 6.33 Å². The van der Waals surface area contributed by atoms with E-state index in [4.69, 9.17) is 10.5 Å². The summed E-state index contributed by atoms with van der Waals surface area (Å²) in [5.74, 6) is 1.76. The molecule has 108 valence electrons. The van der Waals surface area contributed by atoms with Crippen LogP contribution in [0.25, 0.3) is 0 Å². The molecule has 0 saturated carbocycles. The summed E-state index contributed by atoms with van der Waals surface area (Å²) in [7, 11) is 0. The monoisotopic (exact) mass is 277 g/mol. The summed E-state index contributed by atoms with van der Waals surface area (Å²) in [5, 5.41) is 11.0. The lowest BCUT2D eigenvalue weighted by Gasteiger charge is -2.11. The molecule has 2 aromatic heterocycles. The summed E-state index contributed by atoms with van der Waals surface area (Å²) in [5.41, 5.74) is 6.38. The van der Waals surface area contributed by atoms with E-state index in [-0.39, 0.29) is 0 Å². The molecular formula is C12H19N7O. The molecule has 0 aliphatic carbocycles. The van der Waals surface area contributed by atoms with Crippen molar-refractivity contribution in [2.24, 2.45) is 0 Å². The predicted molar refractivity (Wildman–Crippen MR) is 75.3 cm³/mol. The number of nitrogens with two attached hydrogens (primary N) is 1. The first-order chi connectivity index (χ1) is 9.76. The van der Waals surface area contributed by atoms with Crippen LogP contribution in [0.5, 0.6) is 5.88 Å². The van der Waals surface area contributed by atoms with Gasteiger partial charge in [0.2, 0.25) is 5.88 Å². The first-order valence-electron chi connectivity index (χ1n) is 6.60. The van der Waals surface area contributed by atoms with Gasteiger partial charge in [-0.25, -0.2) is 4.98 Å². The van der Waals surface area contributed by atoms with Gasteiger partial charge in [0.25, 0.3) is 0 Å². The summed E-state index contributed by atoms with van der Waals surface area (Å²) in [6.45, 7) is 5.93. The Morgan fingerprint density at radius 1 is 1.35 bits per heavy atom. The molecule has 0 fully saturated rings. The second-order valence-corrected chi connectivity index (χ2v) is 4.18. The zero-order valence-corrected chi connectivity index (χ0v) is 11.7. The van der Waals surface area contributed by atoms with Crippen molar-refractivity contribution in [1.29, 1.82) is 0 Å². The van der Waals surface area contributed by atoms with E-state index in [0.29, 0.717) is 30.5 Å². The number of anilines is 2. The van der Waals surface area contributed by atoms with Gasteiger partial charge in [-0.1, -0.05) is 6.92 Å². The number of rotatable bonds is 7. The molecule has 2 heterocycles. The van der Waals surface area contributed by atoms with Crippen molar-refractivity contribution in [3.8, 4) is 5.88 Å². The molecule has 0 unspecified atom stereocenters. The van der Waals surface area contributed by atoms with Gasteiger partial charge in [-0.15, -0.1) is 10.2 Å². The average Bonchev–Trinajstić information content (AvgIpc) is 2.92. The maximum absolute atomic E-state index is 5.98. The zero-order chi connectivity index (χ0) is 14.4. The van der Waals surface area contributed by atoms with Gasteiger partial charge in [-0.2, -0.15) is 4.98 Å². The SMILES string of the molecule is CCCOc1ncnc(NCc2nncn2CC)c1N. The molecule has 8 nitrogen and oxygen atoms in total. The molecule has 0 aliphatic heterocycles. The zero-order valence-electron chi connectivity index (χ0n) is 11.7. The second kappa shape index (κ2) is 6.69. The van der Waals surface area contributed by atoms with Crippen LogP contribution in [0.4, 0.5) is 11.5 Å². The first-order valence-corrected chi connectivity index (χ1v) is 6.60. The molecule has 3 N–H and O–H groups in total. The Bertz CT molecular complexity index is 554. The fourth-order valence-corrected chi connectivity index (χ4v) is 1.68. The topological polar surface area (TPSA) is 104 Å². The molecule has 0 bridgehead atoms. The quantitative estimate of drug-likeness (QED) is 0.780. The number of nitrogens with zero attached hydrogens (tertiary/aromatic N) is 5. The van der Waals surface area contributed by atoms with Gasteiger partial charge in [-0.05, 0) is 13.3 Å². The molecule has 0 amide bonds. The number of nitrogen functional groups attached to an aromatic ring is 1. The van der Waals surface area contributed by atoms with Gasteiger partial charge < -0.3 is 20.4 Å². The number of aryl methyl sites for hydroxylation is 1. The largest absolute Gasteiger partial charge is 0.476 e. The Morgan fingerprint density at radius 3 is 2.95 bits per heavy atom. The van der Waals surface area contributed by atoms with Crippen molar-refractivity contribution in [2.45, 2.75) is 33.4 Å². The lowest BCUT2D eigenvalue weighted by molar-refractivity contribution is 0.306.